The molecule has 0 aromatic heterocycles. The van der Waals surface area contributed by atoms with Crippen molar-refractivity contribution in [2.75, 3.05) is 13.1 Å². The molecule has 0 radical (unpaired) electrons. The minimum atomic E-state index is -0.710. The number of carboxylic acid groups (broad SMARTS) is 1. The number of likely N-dealkylation sites (tertiary alicyclic amines) is 1. The molecule has 1 aliphatic rings. The van der Waals surface area contributed by atoms with Crippen LogP contribution in [0.4, 0.5) is 0 Å². The van der Waals surface area contributed by atoms with Crippen molar-refractivity contribution in [1.29, 1.82) is 0 Å². The molecular formula is C14H19NO3. The first-order valence-corrected chi connectivity index (χ1v) is 6.23. The van der Waals surface area contributed by atoms with Gasteiger partial charge in [-0.2, -0.15) is 0 Å². The van der Waals surface area contributed by atoms with Gasteiger partial charge in [0.2, 0.25) is 0 Å². The molecule has 4 heteroatoms. The van der Waals surface area contributed by atoms with Gasteiger partial charge in [0.05, 0.1) is 5.41 Å². The van der Waals surface area contributed by atoms with Gasteiger partial charge in [-0.25, -0.2) is 0 Å². The van der Waals surface area contributed by atoms with Gasteiger partial charge in [0.25, 0.3) is 0 Å². The van der Waals surface area contributed by atoms with Gasteiger partial charge in [0.1, 0.15) is 5.75 Å². The van der Waals surface area contributed by atoms with E-state index in [4.69, 9.17) is 0 Å². The van der Waals surface area contributed by atoms with Crippen LogP contribution in [0.5, 0.6) is 5.75 Å². The fourth-order valence-corrected chi connectivity index (χ4v) is 2.51. The van der Waals surface area contributed by atoms with E-state index in [0.29, 0.717) is 6.54 Å². The van der Waals surface area contributed by atoms with Gasteiger partial charge >= 0.3 is 5.97 Å². The summed E-state index contributed by atoms with van der Waals surface area (Å²) in [6.45, 7) is 4.08. The number of benzene rings is 1. The third-order valence-electron chi connectivity index (χ3n) is 3.63. The molecule has 0 saturated carbocycles. The van der Waals surface area contributed by atoms with Gasteiger partial charge in [-0.05, 0) is 44.0 Å². The van der Waals surface area contributed by atoms with Crippen LogP contribution < -0.4 is 0 Å². The van der Waals surface area contributed by atoms with Crippen molar-refractivity contribution in [3.63, 3.8) is 0 Å². The maximum absolute atomic E-state index is 11.3. The monoisotopic (exact) mass is 249 g/mol. The van der Waals surface area contributed by atoms with Crippen LogP contribution in [0, 0.1) is 5.41 Å². The van der Waals surface area contributed by atoms with E-state index in [1.54, 1.807) is 12.1 Å². The maximum atomic E-state index is 11.3. The van der Waals surface area contributed by atoms with Crippen molar-refractivity contribution in [2.24, 2.45) is 5.41 Å². The number of hydrogen-bond donors (Lipinski definition) is 2. The number of rotatable bonds is 3. The van der Waals surface area contributed by atoms with Gasteiger partial charge in [0.15, 0.2) is 0 Å². The quantitative estimate of drug-likeness (QED) is 0.861. The summed E-state index contributed by atoms with van der Waals surface area (Å²) in [6, 6.07) is 7.08. The van der Waals surface area contributed by atoms with Gasteiger partial charge in [-0.1, -0.05) is 12.1 Å². The molecule has 1 aromatic rings. The summed E-state index contributed by atoms with van der Waals surface area (Å²) < 4.78 is 0. The molecule has 1 fully saturated rings. The molecule has 1 heterocycles. The third-order valence-corrected chi connectivity index (χ3v) is 3.63. The second-order valence-corrected chi connectivity index (χ2v) is 5.35. The molecule has 0 spiro atoms. The molecule has 2 rings (SSSR count). The first-order valence-electron chi connectivity index (χ1n) is 6.23. The molecule has 1 aliphatic heterocycles. The molecule has 98 valence electrons. The van der Waals surface area contributed by atoms with Crippen LogP contribution >= 0.6 is 0 Å². The third kappa shape index (κ3) is 2.82. The van der Waals surface area contributed by atoms with Crippen molar-refractivity contribution in [2.45, 2.75) is 26.3 Å². The zero-order chi connectivity index (χ0) is 13.2. The van der Waals surface area contributed by atoms with E-state index in [1.165, 1.54) is 0 Å². The molecule has 1 atom stereocenters. The Morgan fingerprint density at radius 1 is 1.39 bits per heavy atom. The number of phenols is 1. The molecule has 1 unspecified atom stereocenters. The lowest BCUT2D eigenvalue weighted by molar-refractivity contribution is -0.151. The molecule has 18 heavy (non-hydrogen) atoms. The Morgan fingerprint density at radius 2 is 2.06 bits per heavy atom. The average Bonchev–Trinajstić information content (AvgIpc) is 2.32. The number of aliphatic carboxylic acids is 1. The summed E-state index contributed by atoms with van der Waals surface area (Å²) in [6.07, 6.45) is 1.66. The Kier molecular flexibility index (Phi) is 3.57. The fourth-order valence-electron chi connectivity index (χ4n) is 2.51. The highest BCUT2D eigenvalue weighted by Crippen LogP contribution is 2.30. The first-order chi connectivity index (χ1) is 8.49. The molecule has 2 N–H and O–H groups in total. The maximum Gasteiger partial charge on any atom is 0.310 e. The minimum Gasteiger partial charge on any atom is -0.508 e. The van der Waals surface area contributed by atoms with Crippen molar-refractivity contribution in [3.05, 3.63) is 29.8 Å². The van der Waals surface area contributed by atoms with Crippen LogP contribution in [-0.2, 0) is 11.3 Å². The Bertz CT molecular complexity index is 429. The van der Waals surface area contributed by atoms with Crippen molar-refractivity contribution in [1.82, 2.24) is 4.90 Å². The van der Waals surface area contributed by atoms with Crippen molar-refractivity contribution >= 4 is 5.97 Å². The molecule has 1 aromatic carbocycles. The molecular weight excluding hydrogens is 230 g/mol. The Hall–Kier alpha value is -1.55. The van der Waals surface area contributed by atoms with Crippen LogP contribution in [-0.4, -0.2) is 34.2 Å². The van der Waals surface area contributed by atoms with Crippen molar-refractivity contribution in [3.8, 4) is 5.75 Å². The lowest BCUT2D eigenvalue weighted by Gasteiger charge is -2.37. The standard InChI is InChI=1S/C14H19NO3/c1-14(13(17)18)7-2-8-15(10-14)9-11-3-5-12(16)6-4-11/h3-6,16H,2,7-10H2,1H3,(H,17,18). The summed E-state index contributed by atoms with van der Waals surface area (Å²) >= 11 is 0. The second kappa shape index (κ2) is 4.98. The van der Waals surface area contributed by atoms with E-state index < -0.39 is 11.4 Å². The fraction of sp³-hybridized carbons (Fsp3) is 0.500. The smallest absolute Gasteiger partial charge is 0.310 e. The number of aromatic hydroxyl groups is 1. The van der Waals surface area contributed by atoms with Crippen LogP contribution in [0.25, 0.3) is 0 Å². The van der Waals surface area contributed by atoms with E-state index in [-0.39, 0.29) is 5.75 Å². The number of carboxylic acids is 1. The van der Waals surface area contributed by atoms with Crippen LogP contribution in [0.2, 0.25) is 0 Å². The number of carbonyl (C=O) groups is 1. The van der Waals surface area contributed by atoms with Gasteiger partial charge in [0, 0.05) is 13.1 Å². The van der Waals surface area contributed by atoms with Crippen molar-refractivity contribution < 1.29 is 15.0 Å². The largest absolute Gasteiger partial charge is 0.508 e. The number of hydrogen-bond acceptors (Lipinski definition) is 3. The normalized spacial score (nSPS) is 24.9. The SMILES string of the molecule is CC1(C(=O)O)CCCN(Cc2ccc(O)cc2)C1. The summed E-state index contributed by atoms with van der Waals surface area (Å²) in [4.78, 5) is 13.4. The molecule has 0 aliphatic carbocycles. The molecule has 1 saturated heterocycles. The lowest BCUT2D eigenvalue weighted by Crippen LogP contribution is -2.45. The highest BCUT2D eigenvalue weighted by atomic mass is 16.4. The average molecular weight is 249 g/mol. The summed E-state index contributed by atoms with van der Waals surface area (Å²) in [5.41, 5.74) is 0.470. The predicted molar refractivity (Wildman–Crippen MR) is 68.4 cm³/mol. The van der Waals surface area contributed by atoms with Gasteiger partial charge < -0.3 is 10.2 Å². The minimum absolute atomic E-state index is 0.257. The second-order valence-electron chi connectivity index (χ2n) is 5.35. The zero-order valence-corrected chi connectivity index (χ0v) is 10.6. The topological polar surface area (TPSA) is 60.8 Å². The first kappa shape index (κ1) is 12.9. The lowest BCUT2D eigenvalue weighted by atomic mass is 9.82. The molecule has 0 bridgehead atoms. The Balaban J connectivity index is 2.02. The van der Waals surface area contributed by atoms with E-state index in [2.05, 4.69) is 4.90 Å². The Morgan fingerprint density at radius 3 is 2.67 bits per heavy atom. The number of nitrogens with zero attached hydrogens (tertiary/aromatic N) is 1. The van der Waals surface area contributed by atoms with E-state index >= 15 is 0 Å². The van der Waals surface area contributed by atoms with Gasteiger partial charge in [-0.3, -0.25) is 9.69 Å². The number of phenolic OH excluding ortho intramolecular Hbond substituents is 1. The molecule has 4 nitrogen and oxygen atoms in total. The Labute approximate surface area is 107 Å². The zero-order valence-electron chi connectivity index (χ0n) is 10.6. The highest BCUT2D eigenvalue weighted by Gasteiger charge is 2.37. The number of piperidine rings is 1. The summed E-state index contributed by atoms with van der Waals surface area (Å²) in [5, 5.41) is 18.5. The van der Waals surface area contributed by atoms with Gasteiger partial charge in [-0.15, -0.1) is 0 Å². The van der Waals surface area contributed by atoms with E-state index in [9.17, 15) is 15.0 Å². The summed E-state index contributed by atoms with van der Waals surface area (Å²) in [7, 11) is 0. The van der Waals surface area contributed by atoms with Crippen LogP contribution in [0.1, 0.15) is 25.3 Å². The van der Waals surface area contributed by atoms with Crippen LogP contribution in [0.15, 0.2) is 24.3 Å². The summed E-state index contributed by atoms with van der Waals surface area (Å²) in [5.74, 6) is -0.453. The van der Waals surface area contributed by atoms with E-state index in [0.717, 1.165) is 31.5 Å². The van der Waals surface area contributed by atoms with E-state index in [1.807, 2.05) is 19.1 Å². The highest BCUT2D eigenvalue weighted by molar-refractivity contribution is 5.74. The molecule has 0 amide bonds. The predicted octanol–water partition coefficient (Wildman–Crippen LogP) is 2.08. The van der Waals surface area contributed by atoms with Crippen LogP contribution in [0.3, 0.4) is 0 Å².